The van der Waals surface area contributed by atoms with Gasteiger partial charge in [-0.05, 0) is 40.0 Å². The van der Waals surface area contributed by atoms with E-state index in [1.54, 1.807) is 11.8 Å². The maximum atomic E-state index is 12.0. The second-order valence-corrected chi connectivity index (χ2v) is 6.33. The second-order valence-electron chi connectivity index (χ2n) is 6.33. The van der Waals surface area contributed by atoms with Crippen molar-refractivity contribution in [2.75, 3.05) is 13.1 Å². The Balaban J connectivity index is 2.48. The van der Waals surface area contributed by atoms with Crippen molar-refractivity contribution in [2.24, 2.45) is 5.92 Å². The summed E-state index contributed by atoms with van der Waals surface area (Å²) in [6, 6.07) is 0. The Morgan fingerprint density at radius 1 is 1.45 bits per heavy atom. The van der Waals surface area contributed by atoms with Crippen LogP contribution in [0.3, 0.4) is 0 Å². The van der Waals surface area contributed by atoms with Gasteiger partial charge in [-0.1, -0.05) is 18.6 Å². The van der Waals surface area contributed by atoms with Crippen LogP contribution < -0.4 is 0 Å². The summed E-state index contributed by atoms with van der Waals surface area (Å²) in [5.74, 6) is -1.13. The van der Waals surface area contributed by atoms with Crippen LogP contribution in [0.2, 0.25) is 0 Å². The molecule has 1 amide bonds. The molecule has 0 fully saturated rings. The number of carbonyl (C=O) groups is 2. The minimum atomic E-state index is -0.773. The summed E-state index contributed by atoms with van der Waals surface area (Å²) < 4.78 is 5.35. The van der Waals surface area contributed by atoms with E-state index in [1.165, 1.54) is 0 Å². The molecular formula is C15H25NO4. The molecule has 1 atom stereocenters. The summed E-state index contributed by atoms with van der Waals surface area (Å²) in [7, 11) is 0. The number of carboxylic acids is 1. The molecule has 1 rings (SSSR count). The highest BCUT2D eigenvalue weighted by molar-refractivity contribution is 5.69. The molecule has 0 radical (unpaired) electrons. The minimum Gasteiger partial charge on any atom is -0.481 e. The molecule has 1 heterocycles. The fourth-order valence-corrected chi connectivity index (χ4v) is 2.00. The number of amides is 1. The zero-order valence-corrected chi connectivity index (χ0v) is 12.8. The number of ether oxygens (including phenoxy) is 1. The number of rotatable bonds is 4. The van der Waals surface area contributed by atoms with Crippen LogP contribution in [-0.2, 0) is 9.53 Å². The number of carboxylic acid groups (broad SMARTS) is 1. The predicted molar refractivity (Wildman–Crippen MR) is 76.5 cm³/mol. The molecule has 0 aliphatic carbocycles. The summed E-state index contributed by atoms with van der Waals surface area (Å²) in [4.78, 5) is 24.5. The van der Waals surface area contributed by atoms with E-state index in [1.807, 2.05) is 20.8 Å². The van der Waals surface area contributed by atoms with Gasteiger partial charge in [0.05, 0.1) is 5.92 Å². The van der Waals surface area contributed by atoms with Gasteiger partial charge in [0.25, 0.3) is 0 Å². The lowest BCUT2D eigenvalue weighted by molar-refractivity contribution is -0.141. The zero-order chi connectivity index (χ0) is 15.3. The molecule has 0 aromatic heterocycles. The van der Waals surface area contributed by atoms with Crippen molar-refractivity contribution < 1.29 is 19.4 Å². The van der Waals surface area contributed by atoms with Crippen molar-refractivity contribution in [1.82, 2.24) is 4.90 Å². The van der Waals surface area contributed by atoms with Crippen molar-refractivity contribution in [2.45, 2.75) is 52.6 Å². The SMILES string of the molecule is CC(CCC1=CCCN(C(=O)OC(C)(C)C)C1)C(=O)O. The van der Waals surface area contributed by atoms with E-state index in [0.29, 0.717) is 25.9 Å². The number of nitrogens with zero attached hydrogens (tertiary/aromatic N) is 1. The molecule has 0 spiro atoms. The Labute approximate surface area is 120 Å². The summed E-state index contributed by atoms with van der Waals surface area (Å²) in [5.41, 5.74) is 0.631. The first-order valence-corrected chi connectivity index (χ1v) is 7.07. The first-order valence-electron chi connectivity index (χ1n) is 7.07. The smallest absolute Gasteiger partial charge is 0.410 e. The normalized spacial score (nSPS) is 17.4. The summed E-state index contributed by atoms with van der Waals surface area (Å²) in [6.07, 6.45) is 3.93. The van der Waals surface area contributed by atoms with Crippen molar-refractivity contribution in [3.8, 4) is 0 Å². The Kier molecular flexibility index (Phi) is 5.60. The van der Waals surface area contributed by atoms with E-state index in [2.05, 4.69) is 6.08 Å². The molecule has 5 nitrogen and oxygen atoms in total. The van der Waals surface area contributed by atoms with Crippen molar-refractivity contribution in [3.05, 3.63) is 11.6 Å². The van der Waals surface area contributed by atoms with Crippen LogP contribution in [-0.4, -0.2) is 40.8 Å². The molecule has 114 valence electrons. The average Bonchev–Trinajstić information content (AvgIpc) is 2.34. The zero-order valence-electron chi connectivity index (χ0n) is 12.8. The van der Waals surface area contributed by atoms with Crippen molar-refractivity contribution in [3.63, 3.8) is 0 Å². The standard InChI is InChI=1S/C15H25NO4/c1-11(13(17)18)7-8-12-6-5-9-16(10-12)14(19)20-15(2,3)4/h6,11H,5,7-10H2,1-4H3,(H,17,18). The van der Waals surface area contributed by atoms with E-state index in [-0.39, 0.29) is 12.0 Å². The maximum absolute atomic E-state index is 12.0. The first kappa shape index (κ1) is 16.5. The highest BCUT2D eigenvalue weighted by Crippen LogP contribution is 2.20. The molecule has 5 heteroatoms. The molecule has 0 aromatic rings. The van der Waals surface area contributed by atoms with Crippen molar-refractivity contribution in [1.29, 1.82) is 0 Å². The molecular weight excluding hydrogens is 258 g/mol. The van der Waals surface area contributed by atoms with Gasteiger partial charge >= 0.3 is 12.1 Å². The third-order valence-corrected chi connectivity index (χ3v) is 3.20. The molecule has 1 aliphatic rings. The summed E-state index contributed by atoms with van der Waals surface area (Å²) in [6.45, 7) is 8.45. The molecule has 1 N–H and O–H groups in total. The van der Waals surface area contributed by atoms with Crippen LogP contribution in [0.25, 0.3) is 0 Å². The quantitative estimate of drug-likeness (QED) is 0.805. The Morgan fingerprint density at radius 2 is 2.10 bits per heavy atom. The number of hydrogen-bond acceptors (Lipinski definition) is 3. The third-order valence-electron chi connectivity index (χ3n) is 3.20. The first-order chi connectivity index (χ1) is 9.19. The van der Waals surface area contributed by atoms with Gasteiger partial charge in [-0.3, -0.25) is 4.79 Å². The van der Waals surface area contributed by atoms with Crippen LogP contribution in [0.5, 0.6) is 0 Å². The van der Waals surface area contributed by atoms with E-state index in [4.69, 9.17) is 9.84 Å². The van der Waals surface area contributed by atoms with Gasteiger partial charge in [0.1, 0.15) is 5.60 Å². The van der Waals surface area contributed by atoms with Gasteiger partial charge < -0.3 is 14.7 Å². The fourth-order valence-electron chi connectivity index (χ4n) is 2.00. The Morgan fingerprint density at radius 3 is 2.65 bits per heavy atom. The maximum Gasteiger partial charge on any atom is 0.410 e. The molecule has 20 heavy (non-hydrogen) atoms. The third kappa shape index (κ3) is 5.63. The lowest BCUT2D eigenvalue weighted by Crippen LogP contribution is -2.40. The summed E-state index contributed by atoms with van der Waals surface area (Å²) >= 11 is 0. The van der Waals surface area contributed by atoms with Gasteiger partial charge in [0, 0.05) is 13.1 Å². The van der Waals surface area contributed by atoms with E-state index in [9.17, 15) is 9.59 Å². The Bertz CT molecular complexity index is 395. The fraction of sp³-hybridized carbons (Fsp3) is 0.733. The molecule has 1 unspecified atom stereocenters. The van der Waals surface area contributed by atoms with Crippen LogP contribution in [0.4, 0.5) is 4.79 Å². The van der Waals surface area contributed by atoms with E-state index in [0.717, 1.165) is 12.0 Å². The van der Waals surface area contributed by atoms with E-state index < -0.39 is 11.6 Å². The van der Waals surface area contributed by atoms with E-state index >= 15 is 0 Å². The molecule has 0 bridgehead atoms. The van der Waals surface area contributed by atoms with Crippen molar-refractivity contribution >= 4 is 12.1 Å². The number of carbonyl (C=O) groups excluding carboxylic acids is 1. The topological polar surface area (TPSA) is 66.8 Å². The highest BCUT2D eigenvalue weighted by Gasteiger charge is 2.24. The molecule has 0 aromatic carbocycles. The van der Waals surface area contributed by atoms with Crippen LogP contribution in [0, 0.1) is 5.92 Å². The van der Waals surface area contributed by atoms with Gasteiger partial charge in [0.2, 0.25) is 0 Å². The molecule has 0 saturated carbocycles. The predicted octanol–water partition coefficient (Wildman–Crippen LogP) is 3.05. The van der Waals surface area contributed by atoms with Gasteiger partial charge in [-0.25, -0.2) is 4.79 Å². The monoisotopic (exact) mass is 283 g/mol. The van der Waals surface area contributed by atoms with Gasteiger partial charge in [-0.2, -0.15) is 0 Å². The lowest BCUT2D eigenvalue weighted by Gasteiger charge is -2.30. The lowest BCUT2D eigenvalue weighted by atomic mass is 9.98. The molecule has 0 saturated heterocycles. The highest BCUT2D eigenvalue weighted by atomic mass is 16.6. The number of hydrogen-bond donors (Lipinski definition) is 1. The minimum absolute atomic E-state index is 0.297. The van der Waals surface area contributed by atoms with Gasteiger partial charge in [-0.15, -0.1) is 0 Å². The largest absolute Gasteiger partial charge is 0.481 e. The van der Waals surface area contributed by atoms with Crippen LogP contribution >= 0.6 is 0 Å². The second kappa shape index (κ2) is 6.77. The average molecular weight is 283 g/mol. The Hall–Kier alpha value is -1.52. The molecule has 1 aliphatic heterocycles. The van der Waals surface area contributed by atoms with Crippen LogP contribution in [0.15, 0.2) is 11.6 Å². The number of aliphatic carboxylic acids is 1. The summed E-state index contributed by atoms with van der Waals surface area (Å²) in [5, 5.41) is 8.88. The van der Waals surface area contributed by atoms with Gasteiger partial charge in [0.15, 0.2) is 0 Å². The van der Waals surface area contributed by atoms with Crippen LogP contribution in [0.1, 0.15) is 47.0 Å².